The van der Waals surface area contributed by atoms with Crippen LogP contribution in [0.15, 0.2) is 24.3 Å². The second-order valence-electron chi connectivity index (χ2n) is 11.6. The Morgan fingerprint density at radius 1 is 1.03 bits per heavy atom. The van der Waals surface area contributed by atoms with Gasteiger partial charge in [0, 0.05) is 49.9 Å². The number of likely N-dealkylation sites (tertiary alicyclic amines) is 1. The molecule has 8 heteroatoms. The number of nitrogens with one attached hydrogen (secondary N) is 1. The molecule has 8 nitrogen and oxygen atoms in total. The number of fused-ring (bicyclic) bond motifs is 1. The Hall–Kier alpha value is -2.45. The van der Waals surface area contributed by atoms with Crippen molar-refractivity contribution >= 4 is 23.3 Å². The zero-order valence-corrected chi connectivity index (χ0v) is 23.1. The summed E-state index contributed by atoms with van der Waals surface area (Å²) in [4.78, 5) is 46.7. The van der Waals surface area contributed by atoms with Crippen LogP contribution in [0.4, 0.5) is 5.69 Å². The minimum atomic E-state index is -0.612. The van der Waals surface area contributed by atoms with Crippen molar-refractivity contribution in [3.8, 4) is 0 Å². The van der Waals surface area contributed by atoms with E-state index in [0.29, 0.717) is 12.1 Å². The van der Waals surface area contributed by atoms with Gasteiger partial charge >= 0.3 is 0 Å². The quantitative estimate of drug-likeness (QED) is 0.563. The van der Waals surface area contributed by atoms with E-state index in [1.165, 1.54) is 6.42 Å². The van der Waals surface area contributed by atoms with E-state index in [2.05, 4.69) is 29.0 Å². The third-order valence-corrected chi connectivity index (χ3v) is 9.18. The Bertz CT molecular complexity index is 984. The monoisotopic (exact) mass is 524 g/mol. The van der Waals surface area contributed by atoms with Crippen LogP contribution in [0.5, 0.6) is 0 Å². The molecule has 4 aliphatic rings. The second-order valence-corrected chi connectivity index (χ2v) is 11.6. The largest absolute Gasteiger partial charge is 0.369 e. The van der Waals surface area contributed by atoms with Gasteiger partial charge in [-0.05, 0) is 62.4 Å². The van der Waals surface area contributed by atoms with E-state index in [0.717, 1.165) is 76.9 Å². The predicted molar refractivity (Wildman–Crippen MR) is 147 cm³/mol. The highest BCUT2D eigenvalue weighted by atomic mass is 16.5. The number of anilines is 1. The molecule has 0 aromatic heterocycles. The van der Waals surface area contributed by atoms with Gasteiger partial charge in [-0.15, -0.1) is 0 Å². The number of piperazine rings is 1. The zero-order chi connectivity index (χ0) is 26.6. The fraction of sp³-hybridized carbons (Fsp3) is 0.700. The van der Waals surface area contributed by atoms with Gasteiger partial charge in [0.25, 0.3) is 5.91 Å². The topological polar surface area (TPSA) is 82.2 Å². The van der Waals surface area contributed by atoms with Crippen molar-refractivity contribution in [3.05, 3.63) is 29.8 Å². The molecule has 1 aliphatic carbocycles. The van der Waals surface area contributed by atoms with Crippen LogP contribution in [0.1, 0.15) is 69.2 Å². The van der Waals surface area contributed by atoms with Crippen molar-refractivity contribution in [1.29, 1.82) is 0 Å². The molecule has 5 rings (SSSR count). The highest BCUT2D eigenvalue weighted by molar-refractivity contribution is 5.99. The molecule has 38 heavy (non-hydrogen) atoms. The van der Waals surface area contributed by atoms with Gasteiger partial charge in [-0.3, -0.25) is 19.3 Å². The lowest BCUT2D eigenvalue weighted by atomic mass is 9.83. The number of amides is 2. The molecule has 3 saturated heterocycles. The minimum Gasteiger partial charge on any atom is -0.369 e. The lowest BCUT2D eigenvalue weighted by Gasteiger charge is -2.36. The first-order valence-electron chi connectivity index (χ1n) is 14.8. The number of carbonyl (C=O) groups is 3. The third kappa shape index (κ3) is 5.62. The van der Waals surface area contributed by atoms with Crippen molar-refractivity contribution in [1.82, 2.24) is 15.1 Å². The van der Waals surface area contributed by atoms with E-state index in [1.807, 2.05) is 24.3 Å². The summed E-state index contributed by atoms with van der Waals surface area (Å²) in [7, 11) is 0. The van der Waals surface area contributed by atoms with E-state index in [1.54, 1.807) is 4.90 Å². The van der Waals surface area contributed by atoms with Crippen LogP contribution in [-0.4, -0.2) is 91.5 Å². The Labute approximate surface area is 227 Å². The van der Waals surface area contributed by atoms with Crippen LogP contribution in [-0.2, 0) is 14.3 Å². The lowest BCUT2D eigenvalue weighted by Crippen LogP contribution is -2.55. The first-order valence-corrected chi connectivity index (χ1v) is 14.8. The smallest absolute Gasteiger partial charge is 0.251 e. The van der Waals surface area contributed by atoms with Crippen LogP contribution < -0.4 is 10.2 Å². The first-order chi connectivity index (χ1) is 18.5. The van der Waals surface area contributed by atoms with Crippen LogP contribution in [0.3, 0.4) is 0 Å². The van der Waals surface area contributed by atoms with Gasteiger partial charge in [0.15, 0.2) is 5.78 Å². The summed E-state index contributed by atoms with van der Waals surface area (Å²) >= 11 is 0. The number of rotatable bonds is 8. The van der Waals surface area contributed by atoms with E-state index < -0.39 is 12.1 Å². The lowest BCUT2D eigenvalue weighted by molar-refractivity contribution is -0.139. The fourth-order valence-corrected chi connectivity index (χ4v) is 6.96. The molecular weight excluding hydrogens is 480 g/mol. The Balaban J connectivity index is 1.28. The number of carbonyl (C=O) groups excluding carboxylic acids is 3. The van der Waals surface area contributed by atoms with E-state index >= 15 is 0 Å². The first kappa shape index (κ1) is 27.1. The summed E-state index contributed by atoms with van der Waals surface area (Å²) in [6.07, 6.45) is 6.96. The van der Waals surface area contributed by atoms with Gasteiger partial charge in [-0.25, -0.2) is 0 Å². The van der Waals surface area contributed by atoms with E-state index in [9.17, 15) is 14.4 Å². The summed E-state index contributed by atoms with van der Waals surface area (Å²) < 4.78 is 5.79. The van der Waals surface area contributed by atoms with E-state index in [-0.39, 0.29) is 42.1 Å². The summed E-state index contributed by atoms with van der Waals surface area (Å²) in [5.74, 6) is -0.0919. The minimum absolute atomic E-state index is 0.0147. The predicted octanol–water partition coefficient (Wildman–Crippen LogP) is 3.10. The molecule has 4 atom stereocenters. The number of Topliss-reactive ketones (excluding diaryl/α,β-unsaturated/α-hetero) is 1. The number of ether oxygens (including phenoxy) is 1. The molecule has 3 aliphatic heterocycles. The number of hydrogen-bond donors (Lipinski definition) is 1. The van der Waals surface area contributed by atoms with Gasteiger partial charge < -0.3 is 19.9 Å². The van der Waals surface area contributed by atoms with E-state index in [4.69, 9.17) is 4.74 Å². The SMILES string of the molecule is CCCN1CCN(c2ccc(C(=O)N[C@H](C(=O)N3C[C@@H](CC)[C@H]4OCC(=O)[C@H]43)C3CCCCC3)cc2)CC1. The van der Waals surface area contributed by atoms with Gasteiger partial charge in [0.05, 0.1) is 6.10 Å². The molecule has 1 N–H and O–H groups in total. The molecule has 0 spiro atoms. The highest BCUT2D eigenvalue weighted by Crippen LogP contribution is 2.36. The van der Waals surface area contributed by atoms with Crippen molar-refractivity contribution in [2.24, 2.45) is 11.8 Å². The average Bonchev–Trinajstić information content (AvgIpc) is 3.52. The zero-order valence-electron chi connectivity index (χ0n) is 23.1. The van der Waals surface area contributed by atoms with Crippen molar-refractivity contribution in [3.63, 3.8) is 0 Å². The summed E-state index contributed by atoms with van der Waals surface area (Å²) in [5, 5.41) is 3.12. The maximum absolute atomic E-state index is 14.0. The fourth-order valence-electron chi connectivity index (χ4n) is 6.96. The molecule has 0 radical (unpaired) electrons. The summed E-state index contributed by atoms with van der Waals surface area (Å²) in [6.45, 7) is 10.1. The van der Waals surface area contributed by atoms with Crippen LogP contribution in [0.2, 0.25) is 0 Å². The molecule has 1 aromatic carbocycles. The number of nitrogens with zero attached hydrogens (tertiary/aromatic N) is 3. The van der Waals surface area contributed by atoms with Crippen molar-refractivity contribution in [2.45, 2.75) is 77.0 Å². The maximum atomic E-state index is 14.0. The Kier molecular flexibility index (Phi) is 8.68. The normalized spacial score (nSPS) is 27.4. The van der Waals surface area contributed by atoms with Crippen molar-refractivity contribution < 1.29 is 19.1 Å². The van der Waals surface area contributed by atoms with Crippen LogP contribution in [0, 0.1) is 11.8 Å². The number of benzene rings is 1. The molecule has 3 heterocycles. The average molecular weight is 525 g/mol. The molecule has 0 unspecified atom stereocenters. The van der Waals surface area contributed by atoms with Crippen LogP contribution in [0.25, 0.3) is 0 Å². The van der Waals surface area contributed by atoms with Crippen molar-refractivity contribution in [2.75, 3.05) is 50.8 Å². The van der Waals surface area contributed by atoms with Crippen LogP contribution >= 0.6 is 0 Å². The standard InChI is InChI=1S/C30H44N4O4/c1-3-14-32-15-17-33(18-16-32)24-12-10-23(11-13-24)29(36)31-26(22-8-6-5-7-9-22)30(37)34-19-21(4-2)28-27(34)25(35)20-38-28/h10-13,21-22,26-28H,3-9,14-20H2,1-2H3,(H,31,36)/t21-,26+,27-,28-/m1/s1. The third-order valence-electron chi connectivity index (χ3n) is 9.18. The molecule has 1 saturated carbocycles. The summed E-state index contributed by atoms with van der Waals surface area (Å²) in [6, 6.07) is 6.67. The summed E-state index contributed by atoms with van der Waals surface area (Å²) in [5.41, 5.74) is 1.70. The van der Waals surface area contributed by atoms with Gasteiger partial charge in [0.1, 0.15) is 18.7 Å². The molecule has 4 fully saturated rings. The highest BCUT2D eigenvalue weighted by Gasteiger charge is 2.53. The molecule has 2 amide bonds. The number of ketones is 1. The van der Waals surface area contributed by atoms with Gasteiger partial charge in [-0.1, -0.05) is 33.1 Å². The Morgan fingerprint density at radius 2 is 1.74 bits per heavy atom. The maximum Gasteiger partial charge on any atom is 0.251 e. The number of hydrogen-bond acceptors (Lipinski definition) is 6. The molecule has 208 valence electrons. The molecular formula is C30H44N4O4. The molecule has 0 bridgehead atoms. The van der Waals surface area contributed by atoms with Gasteiger partial charge in [-0.2, -0.15) is 0 Å². The Morgan fingerprint density at radius 3 is 2.39 bits per heavy atom. The second kappa shape index (κ2) is 12.2. The molecule has 1 aromatic rings. The van der Waals surface area contributed by atoms with Gasteiger partial charge in [0.2, 0.25) is 5.91 Å².